The second-order valence-electron chi connectivity index (χ2n) is 4.75. The van der Waals surface area contributed by atoms with Gasteiger partial charge < -0.3 is 10.6 Å². The van der Waals surface area contributed by atoms with E-state index in [4.69, 9.17) is 0 Å². The number of nitrogens with one attached hydrogen (secondary N) is 3. The second-order valence-corrected chi connectivity index (χ2v) is 4.75. The largest absolute Gasteiger partial charge is 0.367 e. The van der Waals surface area contributed by atoms with Crippen LogP contribution in [-0.4, -0.2) is 30.2 Å². The molecule has 3 N–H and O–H groups in total. The molecule has 0 bridgehead atoms. The van der Waals surface area contributed by atoms with Crippen molar-refractivity contribution >= 4 is 5.91 Å². The van der Waals surface area contributed by atoms with Gasteiger partial charge in [-0.3, -0.25) is 9.80 Å². The average molecular weight is 246 g/mol. The Morgan fingerprint density at radius 3 is 3.28 bits per heavy atom. The van der Waals surface area contributed by atoms with Crippen molar-refractivity contribution < 1.29 is 4.79 Å². The smallest absolute Gasteiger partial charge is 0.224 e. The summed E-state index contributed by atoms with van der Waals surface area (Å²) in [5.74, 6) is 0.451. The highest BCUT2D eigenvalue weighted by atomic mass is 16.1. The van der Waals surface area contributed by atoms with Gasteiger partial charge >= 0.3 is 0 Å². The molecule has 3 aliphatic rings. The van der Waals surface area contributed by atoms with E-state index in [9.17, 15) is 4.79 Å². The first-order valence-electron chi connectivity index (χ1n) is 6.41. The molecule has 5 heteroatoms. The first-order valence-corrected chi connectivity index (χ1v) is 6.41. The molecule has 0 spiro atoms. The number of hydrazine groups is 1. The summed E-state index contributed by atoms with van der Waals surface area (Å²) in [4.78, 5) is 11.5. The summed E-state index contributed by atoms with van der Waals surface area (Å²) >= 11 is 0. The highest BCUT2D eigenvalue weighted by Gasteiger charge is 2.36. The fourth-order valence-electron chi connectivity index (χ4n) is 2.80. The summed E-state index contributed by atoms with van der Waals surface area (Å²) in [6.45, 7) is 3.64. The Balaban J connectivity index is 1.95. The third-order valence-corrected chi connectivity index (χ3v) is 3.60. The third kappa shape index (κ3) is 1.80. The molecular weight excluding hydrogens is 228 g/mol. The number of hydrogen-bond donors (Lipinski definition) is 3. The Kier molecular flexibility index (Phi) is 2.83. The van der Waals surface area contributed by atoms with Gasteiger partial charge in [0.05, 0.1) is 0 Å². The molecule has 0 aromatic heterocycles. The summed E-state index contributed by atoms with van der Waals surface area (Å²) in [6, 6.07) is 0. The number of rotatable bonds is 2. The number of fused-ring (bicyclic) bond motifs is 3. The third-order valence-electron chi connectivity index (χ3n) is 3.60. The number of hydrogen-bond acceptors (Lipinski definition) is 4. The number of piperidine rings is 1. The lowest BCUT2D eigenvalue weighted by atomic mass is 9.81. The van der Waals surface area contributed by atoms with Crippen molar-refractivity contribution in [3.8, 4) is 0 Å². The fraction of sp³-hybridized carbons (Fsp3) is 0.462. The Morgan fingerprint density at radius 1 is 1.56 bits per heavy atom. The van der Waals surface area contributed by atoms with Gasteiger partial charge in [0.2, 0.25) is 5.91 Å². The number of carbonyl (C=O) groups is 1. The molecular formula is C13H18N4O. The van der Waals surface area contributed by atoms with Crippen molar-refractivity contribution in [1.82, 2.24) is 21.1 Å². The van der Waals surface area contributed by atoms with Gasteiger partial charge in [-0.2, -0.15) is 0 Å². The Morgan fingerprint density at radius 2 is 2.44 bits per heavy atom. The van der Waals surface area contributed by atoms with E-state index in [1.807, 2.05) is 12.3 Å². The minimum atomic E-state index is 0.118. The zero-order chi connectivity index (χ0) is 12.5. The Hall–Kier alpha value is -1.75. The van der Waals surface area contributed by atoms with Crippen LogP contribution in [0.15, 0.2) is 35.7 Å². The zero-order valence-electron chi connectivity index (χ0n) is 10.4. The van der Waals surface area contributed by atoms with Gasteiger partial charge in [-0.15, -0.1) is 0 Å². The normalized spacial score (nSPS) is 29.6. The average Bonchev–Trinajstić information content (AvgIpc) is 2.39. The molecule has 0 aromatic carbocycles. The number of dihydropyridines is 1. The number of nitrogens with zero attached hydrogens (tertiary/aromatic N) is 1. The molecule has 3 aliphatic heterocycles. The van der Waals surface area contributed by atoms with Crippen molar-refractivity contribution in [3.05, 3.63) is 35.7 Å². The van der Waals surface area contributed by atoms with E-state index in [0.29, 0.717) is 18.9 Å². The summed E-state index contributed by atoms with van der Waals surface area (Å²) in [5, 5.41) is 8.38. The lowest BCUT2D eigenvalue weighted by Gasteiger charge is -2.43. The van der Waals surface area contributed by atoms with Crippen molar-refractivity contribution in [1.29, 1.82) is 0 Å². The fourth-order valence-corrected chi connectivity index (χ4v) is 2.80. The lowest BCUT2D eigenvalue weighted by molar-refractivity contribution is -0.121. The van der Waals surface area contributed by atoms with Crippen LogP contribution in [0.5, 0.6) is 0 Å². The van der Waals surface area contributed by atoms with Gasteiger partial charge in [-0.1, -0.05) is 13.0 Å². The van der Waals surface area contributed by atoms with E-state index < -0.39 is 0 Å². The van der Waals surface area contributed by atoms with Crippen LogP contribution in [0.2, 0.25) is 0 Å². The van der Waals surface area contributed by atoms with Crippen LogP contribution in [0.1, 0.15) is 13.3 Å². The molecule has 0 aliphatic carbocycles. The number of carbonyl (C=O) groups excluding carboxylic acids is 1. The van der Waals surface area contributed by atoms with Crippen molar-refractivity contribution in [2.75, 3.05) is 13.1 Å². The van der Waals surface area contributed by atoms with E-state index in [-0.39, 0.29) is 12.1 Å². The maximum atomic E-state index is 11.5. The Bertz CT molecular complexity index is 452. The first kappa shape index (κ1) is 11.3. The molecule has 3 heterocycles. The molecule has 1 fully saturated rings. The highest BCUT2D eigenvalue weighted by Crippen LogP contribution is 2.34. The zero-order valence-corrected chi connectivity index (χ0v) is 10.4. The molecule has 1 saturated heterocycles. The summed E-state index contributed by atoms with van der Waals surface area (Å²) < 4.78 is 0. The van der Waals surface area contributed by atoms with Gasteiger partial charge in [0.1, 0.15) is 6.17 Å². The van der Waals surface area contributed by atoms with Crippen molar-refractivity contribution in [2.45, 2.75) is 19.5 Å². The monoisotopic (exact) mass is 246 g/mol. The number of amides is 1. The van der Waals surface area contributed by atoms with Crippen LogP contribution < -0.4 is 16.1 Å². The molecule has 5 nitrogen and oxygen atoms in total. The standard InChI is InChI=1S/C13H18N4O/c1-2-16-17-8-9-6-12(18)15-7-11(9)10-4-3-5-14-13(10)17/h3-5,8,11,13-14,16H,2,6-7H2,1H3,(H,15,18). The van der Waals surface area contributed by atoms with Gasteiger partial charge in [-0.05, 0) is 23.4 Å². The molecule has 0 aromatic rings. The molecule has 2 atom stereocenters. The van der Waals surface area contributed by atoms with Crippen LogP contribution in [0.3, 0.4) is 0 Å². The maximum Gasteiger partial charge on any atom is 0.224 e. The van der Waals surface area contributed by atoms with Gasteiger partial charge in [0.25, 0.3) is 0 Å². The summed E-state index contributed by atoms with van der Waals surface area (Å²) in [6.07, 6.45) is 8.87. The molecule has 18 heavy (non-hydrogen) atoms. The van der Waals surface area contributed by atoms with E-state index >= 15 is 0 Å². The van der Waals surface area contributed by atoms with Crippen LogP contribution in [0.4, 0.5) is 0 Å². The summed E-state index contributed by atoms with van der Waals surface area (Å²) in [7, 11) is 0. The van der Waals surface area contributed by atoms with E-state index in [1.54, 1.807) is 0 Å². The van der Waals surface area contributed by atoms with Gasteiger partial charge in [0.15, 0.2) is 0 Å². The van der Waals surface area contributed by atoms with Crippen LogP contribution in [0, 0.1) is 5.92 Å². The van der Waals surface area contributed by atoms with Crippen LogP contribution >= 0.6 is 0 Å². The predicted octanol–water partition coefficient (Wildman–Crippen LogP) is 0.216. The highest BCUT2D eigenvalue weighted by molar-refractivity contribution is 5.80. The molecule has 3 rings (SSSR count). The van der Waals surface area contributed by atoms with Gasteiger partial charge in [-0.25, -0.2) is 5.43 Å². The maximum absolute atomic E-state index is 11.5. The van der Waals surface area contributed by atoms with E-state index in [0.717, 1.165) is 6.54 Å². The molecule has 1 amide bonds. The van der Waals surface area contributed by atoms with E-state index in [2.05, 4.69) is 40.3 Å². The lowest BCUT2D eigenvalue weighted by Crippen LogP contribution is -2.56. The van der Waals surface area contributed by atoms with Crippen LogP contribution in [-0.2, 0) is 4.79 Å². The molecule has 0 saturated carbocycles. The molecule has 0 radical (unpaired) electrons. The minimum absolute atomic E-state index is 0.118. The SMILES string of the molecule is CCNN1C=C2CC(=O)NCC2C2=CC=CNC21. The van der Waals surface area contributed by atoms with Crippen molar-refractivity contribution in [3.63, 3.8) is 0 Å². The van der Waals surface area contributed by atoms with E-state index in [1.165, 1.54) is 11.1 Å². The quantitative estimate of drug-likeness (QED) is 0.652. The summed E-state index contributed by atoms with van der Waals surface area (Å²) in [5.41, 5.74) is 5.83. The van der Waals surface area contributed by atoms with Gasteiger partial charge in [0, 0.05) is 31.6 Å². The predicted molar refractivity (Wildman–Crippen MR) is 68.9 cm³/mol. The second kappa shape index (κ2) is 4.49. The first-order chi connectivity index (χ1) is 8.79. The Labute approximate surface area is 107 Å². The molecule has 96 valence electrons. The van der Waals surface area contributed by atoms with Crippen molar-refractivity contribution in [2.24, 2.45) is 5.92 Å². The molecule has 2 unspecified atom stereocenters. The topological polar surface area (TPSA) is 56.4 Å². The number of allylic oxidation sites excluding steroid dienone is 2. The van der Waals surface area contributed by atoms with Crippen LogP contribution in [0.25, 0.3) is 0 Å². The minimum Gasteiger partial charge on any atom is -0.367 e.